The number of hydrogen-bond donors (Lipinski definition) is 2. The monoisotopic (exact) mass is 404 g/mol. The summed E-state index contributed by atoms with van der Waals surface area (Å²) in [6.07, 6.45) is 1.49. The lowest BCUT2D eigenvalue weighted by Crippen LogP contribution is -2.17. The van der Waals surface area contributed by atoms with Gasteiger partial charge in [-0.15, -0.1) is 0 Å². The Morgan fingerprint density at radius 3 is 2.47 bits per heavy atom. The minimum Gasteiger partial charge on any atom is -0.504 e. The first-order chi connectivity index (χ1) is 14.5. The SMILES string of the molecule is CCOc1cc(/C=N\NC(=O)c2ccc(OCc3ccc(C)cc3)cc2)ccc1O. The zero-order valence-electron chi connectivity index (χ0n) is 17.0. The van der Waals surface area contributed by atoms with E-state index in [1.807, 2.05) is 38.1 Å². The van der Waals surface area contributed by atoms with Crippen LogP contribution in [0.2, 0.25) is 0 Å². The van der Waals surface area contributed by atoms with Gasteiger partial charge in [-0.2, -0.15) is 5.10 Å². The topological polar surface area (TPSA) is 80.2 Å². The van der Waals surface area contributed by atoms with E-state index >= 15 is 0 Å². The Labute approximate surface area is 175 Å². The van der Waals surface area contributed by atoms with E-state index in [4.69, 9.17) is 9.47 Å². The number of phenols is 1. The van der Waals surface area contributed by atoms with Gasteiger partial charge in [-0.05, 0) is 67.4 Å². The first-order valence-electron chi connectivity index (χ1n) is 9.63. The van der Waals surface area contributed by atoms with Crippen LogP contribution >= 0.6 is 0 Å². The predicted molar refractivity (Wildman–Crippen MR) is 116 cm³/mol. The second-order valence-corrected chi connectivity index (χ2v) is 6.66. The highest BCUT2D eigenvalue weighted by Crippen LogP contribution is 2.26. The molecule has 0 radical (unpaired) electrons. The number of amides is 1. The third-order valence-electron chi connectivity index (χ3n) is 4.31. The molecule has 6 heteroatoms. The summed E-state index contributed by atoms with van der Waals surface area (Å²) >= 11 is 0. The number of hydrazone groups is 1. The van der Waals surface area contributed by atoms with Gasteiger partial charge in [0, 0.05) is 5.56 Å². The number of rotatable bonds is 8. The molecular formula is C24H24N2O4. The van der Waals surface area contributed by atoms with Crippen molar-refractivity contribution in [3.8, 4) is 17.2 Å². The summed E-state index contributed by atoms with van der Waals surface area (Å²) in [6, 6.07) is 19.9. The number of ether oxygens (including phenoxy) is 2. The summed E-state index contributed by atoms with van der Waals surface area (Å²) in [5, 5.41) is 13.7. The fourth-order valence-electron chi connectivity index (χ4n) is 2.67. The quantitative estimate of drug-likeness (QED) is 0.430. The number of nitrogens with one attached hydrogen (secondary N) is 1. The van der Waals surface area contributed by atoms with Crippen LogP contribution in [0.3, 0.4) is 0 Å². The van der Waals surface area contributed by atoms with Crippen LogP contribution in [0.25, 0.3) is 0 Å². The van der Waals surface area contributed by atoms with Gasteiger partial charge in [0.1, 0.15) is 12.4 Å². The molecule has 0 saturated carbocycles. The molecule has 154 valence electrons. The fourth-order valence-corrected chi connectivity index (χ4v) is 2.67. The number of phenolic OH excluding ortho intramolecular Hbond substituents is 1. The number of nitrogens with zero attached hydrogens (tertiary/aromatic N) is 1. The lowest BCUT2D eigenvalue weighted by Gasteiger charge is -2.07. The molecule has 3 aromatic rings. The van der Waals surface area contributed by atoms with Crippen molar-refractivity contribution in [1.29, 1.82) is 0 Å². The molecule has 3 rings (SSSR count). The van der Waals surface area contributed by atoms with Gasteiger partial charge in [0.25, 0.3) is 5.91 Å². The van der Waals surface area contributed by atoms with Crippen LogP contribution in [-0.4, -0.2) is 23.8 Å². The normalized spacial score (nSPS) is 10.7. The lowest BCUT2D eigenvalue weighted by atomic mass is 10.2. The summed E-state index contributed by atoms with van der Waals surface area (Å²) < 4.78 is 11.1. The zero-order chi connectivity index (χ0) is 21.3. The van der Waals surface area contributed by atoms with Crippen LogP contribution in [0.4, 0.5) is 0 Å². The summed E-state index contributed by atoms with van der Waals surface area (Å²) in [7, 11) is 0. The minimum absolute atomic E-state index is 0.0581. The molecule has 0 unspecified atom stereocenters. The highest BCUT2D eigenvalue weighted by Gasteiger charge is 2.05. The smallest absolute Gasteiger partial charge is 0.271 e. The summed E-state index contributed by atoms with van der Waals surface area (Å²) in [6.45, 7) is 4.78. The number of aromatic hydroxyl groups is 1. The van der Waals surface area contributed by atoms with Gasteiger partial charge in [0.15, 0.2) is 11.5 Å². The third kappa shape index (κ3) is 5.85. The van der Waals surface area contributed by atoms with Gasteiger partial charge in [0.2, 0.25) is 0 Å². The highest BCUT2D eigenvalue weighted by atomic mass is 16.5. The Balaban J connectivity index is 1.53. The molecule has 0 aliphatic rings. The van der Waals surface area contributed by atoms with Crippen molar-refractivity contribution in [2.45, 2.75) is 20.5 Å². The molecular weight excluding hydrogens is 380 g/mol. The van der Waals surface area contributed by atoms with Crippen molar-refractivity contribution in [3.05, 3.63) is 89.0 Å². The molecule has 6 nitrogen and oxygen atoms in total. The molecule has 0 aromatic heterocycles. The molecule has 30 heavy (non-hydrogen) atoms. The van der Waals surface area contributed by atoms with Crippen molar-refractivity contribution in [3.63, 3.8) is 0 Å². The zero-order valence-corrected chi connectivity index (χ0v) is 17.0. The predicted octanol–water partition coefficient (Wildman–Crippen LogP) is 4.44. The van der Waals surface area contributed by atoms with E-state index in [-0.39, 0.29) is 11.7 Å². The van der Waals surface area contributed by atoms with Gasteiger partial charge in [-0.25, -0.2) is 5.43 Å². The average molecular weight is 404 g/mol. The molecule has 0 fully saturated rings. The van der Waals surface area contributed by atoms with Crippen LogP contribution in [-0.2, 0) is 6.61 Å². The van der Waals surface area contributed by atoms with E-state index in [1.54, 1.807) is 36.4 Å². The van der Waals surface area contributed by atoms with Crippen LogP contribution in [0.1, 0.15) is 34.0 Å². The Bertz CT molecular complexity index is 1010. The molecule has 3 aromatic carbocycles. The summed E-state index contributed by atoms with van der Waals surface area (Å²) in [5.41, 5.74) is 5.93. The number of benzene rings is 3. The van der Waals surface area contributed by atoms with Crippen LogP contribution < -0.4 is 14.9 Å². The van der Waals surface area contributed by atoms with Gasteiger partial charge < -0.3 is 14.6 Å². The Morgan fingerprint density at radius 1 is 1.03 bits per heavy atom. The van der Waals surface area contributed by atoms with Crippen LogP contribution in [0, 0.1) is 6.92 Å². The second-order valence-electron chi connectivity index (χ2n) is 6.66. The maximum Gasteiger partial charge on any atom is 0.271 e. The molecule has 0 heterocycles. The van der Waals surface area contributed by atoms with E-state index in [9.17, 15) is 9.90 Å². The van der Waals surface area contributed by atoms with Crippen molar-refractivity contribution >= 4 is 12.1 Å². The van der Waals surface area contributed by atoms with Crippen molar-refractivity contribution < 1.29 is 19.4 Å². The average Bonchev–Trinajstić information content (AvgIpc) is 2.76. The van der Waals surface area contributed by atoms with Crippen molar-refractivity contribution in [1.82, 2.24) is 5.43 Å². The van der Waals surface area contributed by atoms with Crippen LogP contribution in [0.5, 0.6) is 17.2 Å². The number of carbonyl (C=O) groups is 1. The summed E-state index contributed by atoms with van der Waals surface area (Å²) in [5.74, 6) is 0.778. The number of hydrogen-bond acceptors (Lipinski definition) is 5. The maximum atomic E-state index is 12.3. The summed E-state index contributed by atoms with van der Waals surface area (Å²) in [4.78, 5) is 12.3. The first-order valence-corrected chi connectivity index (χ1v) is 9.63. The first kappa shape index (κ1) is 20.9. The van der Waals surface area contributed by atoms with Gasteiger partial charge in [-0.3, -0.25) is 4.79 Å². The van der Waals surface area contributed by atoms with Gasteiger partial charge in [-0.1, -0.05) is 29.8 Å². The highest BCUT2D eigenvalue weighted by molar-refractivity contribution is 5.95. The van der Waals surface area contributed by atoms with E-state index < -0.39 is 0 Å². The van der Waals surface area contributed by atoms with Gasteiger partial charge >= 0.3 is 0 Å². The molecule has 0 aliphatic carbocycles. The van der Waals surface area contributed by atoms with Crippen molar-refractivity contribution in [2.75, 3.05) is 6.61 Å². The minimum atomic E-state index is -0.333. The Kier molecular flexibility index (Phi) is 7.05. The third-order valence-corrected chi connectivity index (χ3v) is 4.31. The molecule has 0 bridgehead atoms. The largest absolute Gasteiger partial charge is 0.504 e. The van der Waals surface area contributed by atoms with E-state index in [0.29, 0.717) is 35.8 Å². The number of aryl methyl sites for hydroxylation is 1. The lowest BCUT2D eigenvalue weighted by molar-refractivity contribution is 0.0955. The van der Waals surface area contributed by atoms with E-state index in [2.05, 4.69) is 10.5 Å². The standard InChI is InChI=1S/C24H24N2O4/c1-3-29-23-14-19(8-13-22(23)27)15-25-26-24(28)20-9-11-21(12-10-20)30-16-18-6-4-17(2)5-7-18/h4-15,27H,3,16H2,1-2H3,(H,26,28)/b25-15-. The Hall–Kier alpha value is -3.80. The maximum absolute atomic E-state index is 12.3. The molecule has 0 atom stereocenters. The Morgan fingerprint density at radius 2 is 1.77 bits per heavy atom. The molecule has 0 aliphatic heterocycles. The van der Waals surface area contributed by atoms with Crippen LogP contribution in [0.15, 0.2) is 71.8 Å². The molecule has 0 saturated heterocycles. The number of carbonyl (C=O) groups excluding carboxylic acids is 1. The second kappa shape index (κ2) is 10.1. The van der Waals surface area contributed by atoms with E-state index in [1.165, 1.54) is 17.8 Å². The molecule has 0 spiro atoms. The fraction of sp³-hybridized carbons (Fsp3) is 0.167. The molecule has 2 N–H and O–H groups in total. The van der Waals surface area contributed by atoms with Gasteiger partial charge in [0.05, 0.1) is 12.8 Å². The van der Waals surface area contributed by atoms with E-state index in [0.717, 1.165) is 5.56 Å². The molecule has 1 amide bonds. The van der Waals surface area contributed by atoms with Crippen molar-refractivity contribution in [2.24, 2.45) is 5.10 Å².